The summed E-state index contributed by atoms with van der Waals surface area (Å²) < 4.78 is 11.4. The van der Waals surface area contributed by atoms with Crippen molar-refractivity contribution in [3.8, 4) is 0 Å². The Kier molecular flexibility index (Phi) is 3.46. The molecule has 7 nitrogen and oxygen atoms in total. The van der Waals surface area contributed by atoms with Gasteiger partial charge >= 0.3 is 5.97 Å². The van der Waals surface area contributed by atoms with E-state index in [1.165, 1.54) is 16.5 Å². The number of pyridine rings is 1. The highest BCUT2D eigenvalue weighted by molar-refractivity contribution is 5.86. The third-order valence-corrected chi connectivity index (χ3v) is 3.11. The van der Waals surface area contributed by atoms with E-state index in [2.05, 4.69) is 10.1 Å². The number of aryl methyl sites for hydroxylation is 2. The fourth-order valence-corrected chi connectivity index (χ4v) is 2.11. The maximum Gasteiger partial charge on any atom is 0.377 e. The molecule has 112 valence electrons. The van der Waals surface area contributed by atoms with Crippen LogP contribution in [0.25, 0.3) is 5.65 Å². The molecule has 0 spiro atoms. The Hall–Kier alpha value is -2.96. The molecular formula is C15H13N3O4. The Labute approximate surface area is 125 Å². The number of hydrogen-bond acceptors (Lipinski definition) is 6. The van der Waals surface area contributed by atoms with Gasteiger partial charge in [-0.2, -0.15) is 0 Å². The molecule has 0 saturated heterocycles. The number of rotatable bonds is 3. The standard InChI is InChI=1S/C15H13N3O4/c1-9-6-12(22-17-9)15(20)21-8-11-7-14(19)18-10(2)4-3-5-13(18)16-11/h3-7H,8H2,1-2H3. The Morgan fingerprint density at radius 1 is 1.32 bits per heavy atom. The largest absolute Gasteiger partial charge is 0.453 e. The van der Waals surface area contributed by atoms with Crippen molar-refractivity contribution >= 4 is 11.6 Å². The van der Waals surface area contributed by atoms with E-state index < -0.39 is 5.97 Å². The van der Waals surface area contributed by atoms with Crippen LogP contribution < -0.4 is 5.56 Å². The summed E-state index contributed by atoms with van der Waals surface area (Å²) in [6.45, 7) is 3.41. The van der Waals surface area contributed by atoms with Crippen LogP contribution in [0.3, 0.4) is 0 Å². The maximum absolute atomic E-state index is 12.1. The fourth-order valence-electron chi connectivity index (χ4n) is 2.11. The summed E-state index contributed by atoms with van der Waals surface area (Å²) in [5.74, 6) is -0.627. The molecule has 0 N–H and O–H groups in total. The Morgan fingerprint density at radius 3 is 2.86 bits per heavy atom. The van der Waals surface area contributed by atoms with E-state index in [9.17, 15) is 9.59 Å². The molecule has 22 heavy (non-hydrogen) atoms. The quantitative estimate of drug-likeness (QED) is 0.683. The molecule has 0 saturated carbocycles. The Balaban J connectivity index is 1.83. The minimum absolute atomic E-state index is 0.0193. The van der Waals surface area contributed by atoms with Gasteiger partial charge in [0.15, 0.2) is 0 Å². The third-order valence-electron chi connectivity index (χ3n) is 3.11. The van der Waals surface area contributed by atoms with Crippen LogP contribution in [0.2, 0.25) is 0 Å². The maximum atomic E-state index is 12.1. The van der Waals surface area contributed by atoms with Crippen LogP contribution in [0.15, 0.2) is 39.6 Å². The van der Waals surface area contributed by atoms with Crippen LogP contribution in [0, 0.1) is 13.8 Å². The van der Waals surface area contributed by atoms with Gasteiger partial charge in [-0.3, -0.25) is 9.20 Å². The van der Waals surface area contributed by atoms with E-state index in [1.54, 1.807) is 13.0 Å². The normalized spacial score (nSPS) is 10.8. The lowest BCUT2D eigenvalue weighted by Crippen LogP contribution is -2.18. The predicted molar refractivity (Wildman–Crippen MR) is 76.6 cm³/mol. The summed E-state index contributed by atoms with van der Waals surface area (Å²) in [6.07, 6.45) is 0. The number of nitrogens with zero attached hydrogens (tertiary/aromatic N) is 3. The van der Waals surface area contributed by atoms with Crippen molar-refractivity contribution in [1.82, 2.24) is 14.5 Å². The summed E-state index contributed by atoms with van der Waals surface area (Å²) in [4.78, 5) is 28.2. The smallest absolute Gasteiger partial charge is 0.377 e. The molecule has 3 rings (SSSR count). The molecule has 3 aromatic heterocycles. The predicted octanol–water partition coefficient (Wildman–Crippen LogP) is 1.66. The SMILES string of the molecule is Cc1cc(C(=O)OCc2cc(=O)n3c(C)cccc3n2)on1. The first kappa shape index (κ1) is 14.0. The van der Waals surface area contributed by atoms with Crippen LogP contribution in [-0.4, -0.2) is 20.5 Å². The van der Waals surface area contributed by atoms with Crippen molar-refractivity contribution in [3.05, 3.63) is 63.5 Å². The molecule has 0 bridgehead atoms. The van der Waals surface area contributed by atoms with E-state index in [-0.39, 0.29) is 17.9 Å². The van der Waals surface area contributed by atoms with Gasteiger partial charge in [-0.15, -0.1) is 0 Å². The van der Waals surface area contributed by atoms with Crippen molar-refractivity contribution in [2.24, 2.45) is 0 Å². The lowest BCUT2D eigenvalue weighted by molar-refractivity contribution is 0.0421. The highest BCUT2D eigenvalue weighted by Crippen LogP contribution is 2.07. The number of esters is 1. The van der Waals surface area contributed by atoms with Gasteiger partial charge in [-0.1, -0.05) is 11.2 Å². The van der Waals surface area contributed by atoms with Crippen molar-refractivity contribution in [3.63, 3.8) is 0 Å². The molecule has 0 aliphatic carbocycles. The van der Waals surface area contributed by atoms with Gasteiger partial charge in [0.25, 0.3) is 5.56 Å². The molecule has 3 heterocycles. The average Bonchev–Trinajstić information content (AvgIpc) is 2.91. The molecule has 7 heteroatoms. The molecular weight excluding hydrogens is 286 g/mol. The molecule has 0 aromatic carbocycles. The monoisotopic (exact) mass is 299 g/mol. The summed E-state index contributed by atoms with van der Waals surface area (Å²) in [5.41, 5.74) is 2.04. The summed E-state index contributed by atoms with van der Waals surface area (Å²) >= 11 is 0. The lowest BCUT2D eigenvalue weighted by Gasteiger charge is -2.06. The molecule has 0 radical (unpaired) electrons. The second kappa shape index (κ2) is 5.44. The highest BCUT2D eigenvalue weighted by Gasteiger charge is 2.14. The first-order valence-corrected chi connectivity index (χ1v) is 6.63. The van der Waals surface area contributed by atoms with Crippen LogP contribution in [0.1, 0.15) is 27.6 Å². The van der Waals surface area contributed by atoms with Crippen LogP contribution in [-0.2, 0) is 11.3 Å². The number of hydrogen-bond donors (Lipinski definition) is 0. The van der Waals surface area contributed by atoms with E-state index in [1.807, 2.05) is 19.1 Å². The molecule has 0 atom stereocenters. The van der Waals surface area contributed by atoms with Crippen LogP contribution in [0.4, 0.5) is 0 Å². The molecule has 0 amide bonds. The number of carbonyl (C=O) groups excluding carboxylic acids is 1. The minimum Gasteiger partial charge on any atom is -0.453 e. The Morgan fingerprint density at radius 2 is 2.14 bits per heavy atom. The summed E-state index contributed by atoms with van der Waals surface area (Å²) in [6, 6.07) is 8.18. The molecule has 0 unspecified atom stereocenters. The van der Waals surface area contributed by atoms with E-state index in [4.69, 9.17) is 9.26 Å². The van der Waals surface area contributed by atoms with E-state index in [0.717, 1.165) is 5.69 Å². The van der Waals surface area contributed by atoms with Crippen molar-refractivity contribution in [1.29, 1.82) is 0 Å². The second-order valence-corrected chi connectivity index (χ2v) is 4.86. The minimum atomic E-state index is -0.646. The number of fused-ring (bicyclic) bond motifs is 1. The fraction of sp³-hybridized carbons (Fsp3) is 0.200. The van der Waals surface area contributed by atoms with Crippen molar-refractivity contribution in [2.75, 3.05) is 0 Å². The highest BCUT2D eigenvalue weighted by atomic mass is 16.6. The first-order chi connectivity index (χ1) is 10.5. The molecule has 0 aliphatic heterocycles. The summed E-state index contributed by atoms with van der Waals surface area (Å²) in [7, 11) is 0. The zero-order chi connectivity index (χ0) is 15.7. The summed E-state index contributed by atoms with van der Waals surface area (Å²) in [5, 5.41) is 3.61. The van der Waals surface area contributed by atoms with Gasteiger partial charge in [0.1, 0.15) is 12.3 Å². The van der Waals surface area contributed by atoms with Gasteiger partial charge in [0.2, 0.25) is 5.76 Å². The molecule has 0 aliphatic rings. The number of aromatic nitrogens is 3. The van der Waals surface area contributed by atoms with Crippen molar-refractivity contribution < 1.29 is 14.1 Å². The first-order valence-electron chi connectivity index (χ1n) is 6.63. The van der Waals surface area contributed by atoms with E-state index in [0.29, 0.717) is 17.0 Å². The zero-order valence-corrected chi connectivity index (χ0v) is 12.1. The number of ether oxygens (including phenoxy) is 1. The average molecular weight is 299 g/mol. The van der Waals surface area contributed by atoms with Gasteiger partial charge in [-0.05, 0) is 26.0 Å². The van der Waals surface area contributed by atoms with Gasteiger partial charge < -0.3 is 9.26 Å². The second-order valence-electron chi connectivity index (χ2n) is 4.86. The Bertz CT molecular complexity index is 911. The zero-order valence-electron chi connectivity index (χ0n) is 12.1. The topological polar surface area (TPSA) is 86.7 Å². The van der Waals surface area contributed by atoms with Gasteiger partial charge in [0, 0.05) is 17.8 Å². The lowest BCUT2D eigenvalue weighted by atomic mass is 10.3. The van der Waals surface area contributed by atoms with Crippen molar-refractivity contribution in [2.45, 2.75) is 20.5 Å². The van der Waals surface area contributed by atoms with Gasteiger partial charge in [0.05, 0.1) is 11.4 Å². The molecule has 3 aromatic rings. The number of carbonyl (C=O) groups is 1. The van der Waals surface area contributed by atoms with Crippen LogP contribution >= 0.6 is 0 Å². The third kappa shape index (κ3) is 2.60. The van der Waals surface area contributed by atoms with Gasteiger partial charge in [-0.25, -0.2) is 9.78 Å². The molecule has 0 fully saturated rings. The van der Waals surface area contributed by atoms with E-state index >= 15 is 0 Å². The van der Waals surface area contributed by atoms with Crippen LogP contribution in [0.5, 0.6) is 0 Å².